The molecule has 0 aromatic heterocycles. The number of aliphatic hydroxyl groups is 1. The summed E-state index contributed by atoms with van der Waals surface area (Å²) in [5.41, 5.74) is 0.256. The van der Waals surface area contributed by atoms with E-state index in [1.165, 1.54) is 6.07 Å². The van der Waals surface area contributed by atoms with Gasteiger partial charge in [0.05, 0.1) is 0 Å². The van der Waals surface area contributed by atoms with E-state index >= 15 is 0 Å². The number of carbonyl (C=O) groups is 1. The lowest BCUT2D eigenvalue weighted by Gasteiger charge is -2.16. The molecule has 23 heavy (non-hydrogen) atoms. The first kappa shape index (κ1) is 17.5. The predicted molar refractivity (Wildman–Crippen MR) is 81.2 cm³/mol. The first-order valence-corrected chi connectivity index (χ1v) is 7.72. The molecule has 1 aromatic rings. The van der Waals surface area contributed by atoms with Gasteiger partial charge in [-0.3, -0.25) is 0 Å². The number of hydrogen-bond acceptors (Lipinski definition) is 3. The Kier molecular flexibility index (Phi) is 5.76. The molecule has 5 nitrogen and oxygen atoms in total. The van der Waals surface area contributed by atoms with Crippen LogP contribution in [0.1, 0.15) is 26.2 Å². The average molecular weight is 328 g/mol. The molecule has 2 rings (SSSR count). The molecule has 0 radical (unpaired) electrons. The van der Waals surface area contributed by atoms with Crippen LogP contribution in [-0.2, 0) is 0 Å². The molecule has 128 valence electrons. The summed E-state index contributed by atoms with van der Waals surface area (Å²) in [6.45, 7) is 2.61. The van der Waals surface area contributed by atoms with Crippen molar-refractivity contribution in [2.75, 3.05) is 19.7 Å². The standard InChI is InChI=1S/C16H22F2N2O3/c1-2-16(5-6-16)10-20-15(22)19-8-11(21)9-23-12-3-4-13(17)14(18)7-12/h3-4,7,11,21H,2,5-6,8-10H2,1H3,(H2,19,20,22). The molecule has 1 fully saturated rings. The van der Waals surface area contributed by atoms with Gasteiger partial charge in [0.1, 0.15) is 18.5 Å². The summed E-state index contributed by atoms with van der Waals surface area (Å²) >= 11 is 0. The summed E-state index contributed by atoms with van der Waals surface area (Å²) in [4.78, 5) is 11.6. The first-order chi connectivity index (χ1) is 10.9. The fourth-order valence-corrected chi connectivity index (χ4v) is 2.19. The molecule has 1 atom stereocenters. The Bertz CT molecular complexity index is 550. The van der Waals surface area contributed by atoms with Gasteiger partial charge in [-0.15, -0.1) is 0 Å². The summed E-state index contributed by atoms with van der Waals surface area (Å²) in [6, 6.07) is 2.79. The molecule has 1 aromatic carbocycles. The summed E-state index contributed by atoms with van der Waals surface area (Å²) in [7, 11) is 0. The van der Waals surface area contributed by atoms with Crippen LogP contribution >= 0.6 is 0 Å². The molecule has 1 unspecified atom stereocenters. The van der Waals surface area contributed by atoms with Crippen molar-refractivity contribution in [2.45, 2.75) is 32.3 Å². The van der Waals surface area contributed by atoms with Gasteiger partial charge in [-0.1, -0.05) is 6.92 Å². The fraction of sp³-hybridized carbons (Fsp3) is 0.562. The molecule has 3 N–H and O–H groups in total. The van der Waals surface area contributed by atoms with Gasteiger partial charge in [-0.25, -0.2) is 13.6 Å². The lowest BCUT2D eigenvalue weighted by atomic mass is 10.0. The van der Waals surface area contributed by atoms with Gasteiger partial charge in [0.2, 0.25) is 0 Å². The normalized spacial score (nSPS) is 16.5. The van der Waals surface area contributed by atoms with Gasteiger partial charge in [0.25, 0.3) is 0 Å². The topological polar surface area (TPSA) is 70.6 Å². The van der Waals surface area contributed by atoms with Crippen LogP contribution in [0.15, 0.2) is 18.2 Å². The molecular formula is C16H22F2N2O3. The van der Waals surface area contributed by atoms with Crippen molar-refractivity contribution >= 4 is 6.03 Å². The minimum atomic E-state index is -1.01. The Balaban J connectivity index is 1.63. The molecule has 7 heteroatoms. The molecule has 0 saturated heterocycles. The third-order valence-electron chi connectivity index (χ3n) is 4.16. The number of rotatable bonds is 8. The van der Waals surface area contributed by atoms with E-state index in [9.17, 15) is 18.7 Å². The summed E-state index contributed by atoms with van der Waals surface area (Å²) in [5, 5.41) is 15.1. The third-order valence-corrected chi connectivity index (χ3v) is 4.16. The van der Waals surface area contributed by atoms with Gasteiger partial charge in [0.15, 0.2) is 11.6 Å². The van der Waals surface area contributed by atoms with Crippen molar-refractivity contribution in [2.24, 2.45) is 5.41 Å². The van der Waals surface area contributed by atoms with Crippen molar-refractivity contribution in [3.63, 3.8) is 0 Å². The van der Waals surface area contributed by atoms with E-state index < -0.39 is 17.7 Å². The minimum Gasteiger partial charge on any atom is -0.491 e. The second kappa shape index (κ2) is 7.59. The zero-order valence-electron chi connectivity index (χ0n) is 13.1. The van der Waals surface area contributed by atoms with Crippen molar-refractivity contribution in [3.8, 4) is 5.75 Å². The first-order valence-electron chi connectivity index (χ1n) is 7.72. The van der Waals surface area contributed by atoms with Crippen LogP contribution in [0, 0.1) is 17.0 Å². The SMILES string of the molecule is CCC1(CNC(=O)NCC(O)COc2ccc(F)c(F)c2)CC1. The maximum atomic E-state index is 13.0. The average Bonchev–Trinajstić information content (AvgIpc) is 3.32. The number of urea groups is 1. The van der Waals surface area contributed by atoms with Gasteiger partial charge in [-0.2, -0.15) is 0 Å². The highest BCUT2D eigenvalue weighted by molar-refractivity contribution is 5.73. The number of aliphatic hydroxyl groups excluding tert-OH is 1. The Morgan fingerprint density at radius 1 is 1.35 bits per heavy atom. The molecular weight excluding hydrogens is 306 g/mol. The van der Waals surface area contributed by atoms with Crippen LogP contribution in [0.4, 0.5) is 13.6 Å². The van der Waals surface area contributed by atoms with E-state index in [1.807, 2.05) is 0 Å². The van der Waals surface area contributed by atoms with Crippen LogP contribution in [0.5, 0.6) is 5.75 Å². The zero-order valence-corrected chi connectivity index (χ0v) is 13.1. The van der Waals surface area contributed by atoms with Crippen LogP contribution in [0.2, 0.25) is 0 Å². The molecule has 1 aliphatic rings. The second-order valence-corrected chi connectivity index (χ2v) is 5.96. The van der Waals surface area contributed by atoms with Crippen LogP contribution in [-0.4, -0.2) is 36.9 Å². The number of ether oxygens (including phenoxy) is 1. The van der Waals surface area contributed by atoms with Crippen molar-refractivity contribution in [1.29, 1.82) is 0 Å². The molecule has 0 bridgehead atoms. The Morgan fingerprint density at radius 2 is 2.09 bits per heavy atom. The summed E-state index contributed by atoms with van der Waals surface area (Å²) in [6.07, 6.45) is 2.36. The van der Waals surface area contributed by atoms with E-state index in [4.69, 9.17) is 4.74 Å². The van der Waals surface area contributed by atoms with E-state index in [1.54, 1.807) is 0 Å². The van der Waals surface area contributed by atoms with Crippen molar-refractivity contribution < 1.29 is 23.4 Å². The maximum Gasteiger partial charge on any atom is 0.314 e. The van der Waals surface area contributed by atoms with E-state index in [0.29, 0.717) is 6.54 Å². The quantitative estimate of drug-likeness (QED) is 0.685. The highest BCUT2D eigenvalue weighted by atomic mass is 19.2. The second-order valence-electron chi connectivity index (χ2n) is 5.96. The number of nitrogens with one attached hydrogen (secondary N) is 2. The molecule has 0 heterocycles. The zero-order chi connectivity index (χ0) is 16.9. The maximum absolute atomic E-state index is 13.0. The van der Waals surface area contributed by atoms with E-state index in [2.05, 4.69) is 17.6 Å². The highest BCUT2D eigenvalue weighted by Crippen LogP contribution is 2.47. The lowest BCUT2D eigenvalue weighted by molar-refractivity contribution is 0.107. The van der Waals surface area contributed by atoms with E-state index in [-0.39, 0.29) is 30.3 Å². The fourth-order valence-electron chi connectivity index (χ4n) is 2.19. The van der Waals surface area contributed by atoms with Crippen LogP contribution < -0.4 is 15.4 Å². The van der Waals surface area contributed by atoms with Gasteiger partial charge < -0.3 is 20.5 Å². The predicted octanol–water partition coefficient (Wildman–Crippen LogP) is 2.19. The third kappa shape index (κ3) is 5.35. The largest absolute Gasteiger partial charge is 0.491 e. The van der Waals surface area contributed by atoms with E-state index in [0.717, 1.165) is 31.4 Å². The molecule has 0 spiro atoms. The van der Waals surface area contributed by atoms with Crippen LogP contribution in [0.25, 0.3) is 0 Å². The number of hydrogen-bond donors (Lipinski definition) is 3. The Hall–Kier alpha value is -1.89. The van der Waals surface area contributed by atoms with Crippen LogP contribution in [0.3, 0.4) is 0 Å². The number of halogens is 2. The summed E-state index contributed by atoms with van der Waals surface area (Å²) < 4.78 is 30.9. The Labute approximate surface area is 134 Å². The summed E-state index contributed by atoms with van der Waals surface area (Å²) in [5.74, 6) is -1.86. The van der Waals surface area contributed by atoms with Gasteiger partial charge in [0, 0.05) is 19.2 Å². The lowest BCUT2D eigenvalue weighted by Crippen LogP contribution is -2.43. The Morgan fingerprint density at radius 3 is 2.70 bits per heavy atom. The molecule has 0 aliphatic heterocycles. The molecule has 1 aliphatic carbocycles. The van der Waals surface area contributed by atoms with Crippen molar-refractivity contribution in [1.82, 2.24) is 10.6 Å². The number of carbonyl (C=O) groups excluding carboxylic acids is 1. The van der Waals surface area contributed by atoms with Gasteiger partial charge in [-0.05, 0) is 36.8 Å². The van der Waals surface area contributed by atoms with Gasteiger partial charge >= 0.3 is 6.03 Å². The smallest absolute Gasteiger partial charge is 0.314 e. The molecule has 1 saturated carbocycles. The molecule has 2 amide bonds. The minimum absolute atomic E-state index is 0.00857. The highest BCUT2D eigenvalue weighted by Gasteiger charge is 2.40. The number of amides is 2. The monoisotopic (exact) mass is 328 g/mol. The number of benzene rings is 1. The van der Waals surface area contributed by atoms with Crippen molar-refractivity contribution in [3.05, 3.63) is 29.8 Å².